The predicted molar refractivity (Wildman–Crippen MR) is 61.0 cm³/mol. The molecule has 15 heavy (non-hydrogen) atoms. The van der Waals surface area contributed by atoms with Crippen LogP contribution in [0.3, 0.4) is 0 Å². The van der Waals surface area contributed by atoms with E-state index in [1.165, 1.54) is 13.2 Å². The van der Waals surface area contributed by atoms with Gasteiger partial charge in [-0.3, -0.25) is 0 Å². The molecule has 0 radical (unpaired) electrons. The summed E-state index contributed by atoms with van der Waals surface area (Å²) >= 11 is 0. The molecule has 4 heteroatoms. The molecule has 80 valence electrons. The first-order valence-electron chi connectivity index (χ1n) is 4.65. The number of rotatable bonds is 1. The highest BCUT2D eigenvalue weighted by Gasteiger charge is 2.09. The van der Waals surface area contributed by atoms with Crippen molar-refractivity contribution < 1.29 is 9.13 Å². The molecular weight excluding hydrogens is 209 g/mol. The fourth-order valence-corrected chi connectivity index (χ4v) is 1.44. The van der Waals surface area contributed by atoms with Gasteiger partial charge in [0, 0.05) is 0 Å². The molecule has 0 aliphatic heterocycles. The Morgan fingerprint density at radius 1 is 1.40 bits per heavy atom. The minimum atomic E-state index is -1.46. The number of hydrogen-bond donors (Lipinski definition) is 0. The Morgan fingerprint density at radius 3 is 2.60 bits per heavy atom. The Balaban J connectivity index is 3.11. The molecule has 0 unspecified atom stereocenters. The SMILES string of the molecule is COc1ncc(F)cc1C#C[Si](C)(C)C. The van der Waals surface area contributed by atoms with Gasteiger partial charge < -0.3 is 4.74 Å². The molecule has 0 amide bonds. The van der Waals surface area contributed by atoms with Gasteiger partial charge in [0.25, 0.3) is 0 Å². The monoisotopic (exact) mass is 223 g/mol. The van der Waals surface area contributed by atoms with Crippen molar-refractivity contribution in [1.29, 1.82) is 0 Å². The molecule has 0 saturated heterocycles. The summed E-state index contributed by atoms with van der Waals surface area (Å²) in [7, 11) is 0.0400. The lowest BCUT2D eigenvalue weighted by atomic mass is 10.3. The average molecular weight is 223 g/mol. The average Bonchev–Trinajstić information content (AvgIpc) is 2.14. The van der Waals surface area contributed by atoms with Crippen molar-refractivity contribution in [1.82, 2.24) is 4.98 Å². The van der Waals surface area contributed by atoms with E-state index in [-0.39, 0.29) is 0 Å². The molecule has 0 bridgehead atoms. The quantitative estimate of drug-likeness (QED) is 0.539. The fourth-order valence-electron chi connectivity index (χ4n) is 0.934. The Bertz CT molecular complexity index is 415. The Hall–Kier alpha value is -1.34. The van der Waals surface area contributed by atoms with Crippen LogP contribution in [0.25, 0.3) is 0 Å². The molecule has 1 rings (SSSR count). The molecule has 1 aromatic rings. The van der Waals surface area contributed by atoms with Crippen molar-refractivity contribution in [2.75, 3.05) is 7.11 Å². The largest absolute Gasteiger partial charge is 0.480 e. The molecule has 0 fully saturated rings. The van der Waals surface area contributed by atoms with Gasteiger partial charge in [-0.1, -0.05) is 25.6 Å². The predicted octanol–water partition coefficient (Wildman–Crippen LogP) is 2.46. The minimum absolute atomic E-state index is 0.377. The molecule has 0 atom stereocenters. The Labute approximate surface area is 90.5 Å². The van der Waals surface area contributed by atoms with Crippen LogP contribution in [0.5, 0.6) is 5.88 Å². The molecule has 0 saturated carbocycles. The van der Waals surface area contributed by atoms with E-state index in [9.17, 15) is 4.39 Å². The standard InChI is InChI=1S/C11H14FNOSi/c1-14-11-9(5-6-15(2,3)4)7-10(12)8-13-11/h7-8H,1-4H3. The van der Waals surface area contributed by atoms with Crippen molar-refractivity contribution in [3.63, 3.8) is 0 Å². The van der Waals surface area contributed by atoms with Crippen LogP contribution in [0.4, 0.5) is 4.39 Å². The fraction of sp³-hybridized carbons (Fsp3) is 0.364. The third-order valence-electron chi connectivity index (χ3n) is 1.58. The first-order valence-corrected chi connectivity index (χ1v) is 8.15. The summed E-state index contributed by atoms with van der Waals surface area (Å²) in [5.41, 5.74) is 3.66. The van der Waals surface area contributed by atoms with E-state index in [1.54, 1.807) is 0 Å². The van der Waals surface area contributed by atoms with Gasteiger partial charge in [-0.15, -0.1) is 5.54 Å². The lowest BCUT2D eigenvalue weighted by Gasteiger charge is -2.05. The van der Waals surface area contributed by atoms with E-state index in [2.05, 4.69) is 36.1 Å². The maximum Gasteiger partial charge on any atom is 0.229 e. The van der Waals surface area contributed by atoms with E-state index >= 15 is 0 Å². The van der Waals surface area contributed by atoms with Gasteiger partial charge in [-0.2, -0.15) is 0 Å². The van der Waals surface area contributed by atoms with E-state index in [0.717, 1.165) is 6.20 Å². The number of hydrogen-bond acceptors (Lipinski definition) is 2. The number of aromatic nitrogens is 1. The smallest absolute Gasteiger partial charge is 0.229 e. The van der Waals surface area contributed by atoms with E-state index in [0.29, 0.717) is 11.4 Å². The van der Waals surface area contributed by atoms with Crippen LogP contribution in [-0.2, 0) is 0 Å². The molecular formula is C11H14FNOSi. The van der Waals surface area contributed by atoms with Crippen LogP contribution in [0.1, 0.15) is 5.56 Å². The highest BCUT2D eigenvalue weighted by atomic mass is 28.3. The number of methoxy groups -OCH3 is 1. The Kier molecular flexibility index (Phi) is 3.48. The van der Waals surface area contributed by atoms with Crippen LogP contribution in [0, 0.1) is 17.3 Å². The van der Waals surface area contributed by atoms with Crippen LogP contribution in [0.15, 0.2) is 12.3 Å². The lowest BCUT2D eigenvalue weighted by molar-refractivity contribution is 0.394. The van der Waals surface area contributed by atoms with Gasteiger partial charge in [0.15, 0.2) is 0 Å². The van der Waals surface area contributed by atoms with Crippen LogP contribution in [-0.4, -0.2) is 20.2 Å². The lowest BCUT2D eigenvalue weighted by Crippen LogP contribution is -2.16. The van der Waals surface area contributed by atoms with Crippen molar-refractivity contribution in [3.8, 4) is 17.3 Å². The molecule has 0 N–H and O–H groups in total. The molecule has 2 nitrogen and oxygen atoms in total. The number of nitrogens with zero attached hydrogens (tertiary/aromatic N) is 1. The highest BCUT2D eigenvalue weighted by molar-refractivity contribution is 6.83. The number of halogens is 1. The third-order valence-corrected chi connectivity index (χ3v) is 2.46. The highest BCUT2D eigenvalue weighted by Crippen LogP contribution is 2.14. The van der Waals surface area contributed by atoms with Crippen molar-refractivity contribution in [3.05, 3.63) is 23.6 Å². The van der Waals surface area contributed by atoms with Gasteiger partial charge in [0.1, 0.15) is 13.9 Å². The molecule has 0 spiro atoms. The van der Waals surface area contributed by atoms with Gasteiger partial charge in [0.05, 0.1) is 18.9 Å². The zero-order valence-corrected chi connectivity index (χ0v) is 10.4. The number of ether oxygens (including phenoxy) is 1. The van der Waals surface area contributed by atoms with Gasteiger partial charge in [-0.05, 0) is 6.07 Å². The first-order chi connectivity index (χ1) is 6.92. The second kappa shape index (κ2) is 4.45. The maximum atomic E-state index is 12.9. The summed E-state index contributed by atoms with van der Waals surface area (Å²) < 4.78 is 17.9. The summed E-state index contributed by atoms with van der Waals surface area (Å²) in [5, 5.41) is 0. The topological polar surface area (TPSA) is 22.1 Å². The van der Waals surface area contributed by atoms with E-state index in [4.69, 9.17) is 4.74 Å². The zero-order valence-electron chi connectivity index (χ0n) is 9.39. The molecule has 0 aliphatic carbocycles. The zero-order chi connectivity index (χ0) is 11.5. The summed E-state index contributed by atoms with van der Waals surface area (Å²) in [6.45, 7) is 6.37. The van der Waals surface area contributed by atoms with Crippen LogP contribution >= 0.6 is 0 Å². The third kappa shape index (κ3) is 3.72. The Morgan fingerprint density at radius 2 is 2.07 bits per heavy atom. The van der Waals surface area contributed by atoms with Gasteiger partial charge in [0.2, 0.25) is 5.88 Å². The summed E-state index contributed by atoms with van der Waals surface area (Å²) in [5.74, 6) is 2.91. The van der Waals surface area contributed by atoms with Crippen LogP contribution < -0.4 is 4.74 Å². The van der Waals surface area contributed by atoms with Crippen molar-refractivity contribution in [2.24, 2.45) is 0 Å². The van der Waals surface area contributed by atoms with Crippen LogP contribution in [0.2, 0.25) is 19.6 Å². The van der Waals surface area contributed by atoms with E-state index in [1.807, 2.05) is 0 Å². The normalized spacial score (nSPS) is 10.5. The van der Waals surface area contributed by atoms with Crippen molar-refractivity contribution >= 4 is 8.07 Å². The molecule has 1 aromatic heterocycles. The summed E-state index contributed by atoms with van der Waals surface area (Å²) in [6.07, 6.45) is 1.12. The molecule has 1 heterocycles. The van der Waals surface area contributed by atoms with E-state index < -0.39 is 13.9 Å². The number of pyridine rings is 1. The van der Waals surface area contributed by atoms with Gasteiger partial charge in [-0.25, -0.2) is 9.37 Å². The maximum absolute atomic E-state index is 12.9. The minimum Gasteiger partial charge on any atom is -0.480 e. The van der Waals surface area contributed by atoms with Crippen molar-refractivity contribution in [2.45, 2.75) is 19.6 Å². The molecule has 0 aliphatic rings. The first kappa shape index (κ1) is 11.7. The second-order valence-electron chi connectivity index (χ2n) is 4.21. The summed E-state index contributed by atoms with van der Waals surface area (Å²) in [6, 6.07) is 1.35. The summed E-state index contributed by atoms with van der Waals surface area (Å²) in [4.78, 5) is 3.81. The van der Waals surface area contributed by atoms with Gasteiger partial charge >= 0.3 is 0 Å². The second-order valence-corrected chi connectivity index (χ2v) is 8.96. The molecule has 0 aromatic carbocycles.